The van der Waals surface area contributed by atoms with Crippen molar-refractivity contribution in [1.82, 2.24) is 10.3 Å². The summed E-state index contributed by atoms with van der Waals surface area (Å²) in [6.45, 7) is 2.15. The molecule has 128 valence electrons. The van der Waals surface area contributed by atoms with E-state index in [4.69, 9.17) is 0 Å². The predicted octanol–water partition coefficient (Wildman–Crippen LogP) is 3.22. The number of hydrogen-bond acceptors (Lipinski definition) is 2. The van der Waals surface area contributed by atoms with Crippen LogP contribution in [0.3, 0.4) is 0 Å². The van der Waals surface area contributed by atoms with Gasteiger partial charge in [0.1, 0.15) is 5.82 Å². The number of carbonyl (C=O) groups excluding carboxylic acids is 1. The number of pyridine rings is 1. The molecule has 1 heterocycles. The Morgan fingerprint density at radius 1 is 1.16 bits per heavy atom. The lowest BCUT2D eigenvalue weighted by atomic mass is 10.1. The fourth-order valence-corrected chi connectivity index (χ4v) is 2.74. The van der Waals surface area contributed by atoms with Crippen LogP contribution < -0.4 is 10.9 Å². The Labute approximate surface area is 144 Å². The summed E-state index contributed by atoms with van der Waals surface area (Å²) in [5.74, 6) is -0.483. The Balaban J connectivity index is 1.62. The Kier molecular flexibility index (Phi) is 4.93. The largest absolute Gasteiger partial charge is 0.352 e. The quantitative estimate of drug-likeness (QED) is 0.750. The SMILES string of the molecule is Cc1ccc2[nH]c(=O)c(CNC(=O)CCc3cccc(F)c3)cc2c1. The van der Waals surface area contributed by atoms with Crippen LogP contribution in [-0.2, 0) is 17.8 Å². The van der Waals surface area contributed by atoms with Gasteiger partial charge in [-0.2, -0.15) is 0 Å². The Bertz CT molecular complexity index is 979. The Morgan fingerprint density at radius 2 is 2.00 bits per heavy atom. The van der Waals surface area contributed by atoms with Crippen LogP contribution in [0.5, 0.6) is 0 Å². The third-order valence-electron chi connectivity index (χ3n) is 4.08. The molecule has 0 radical (unpaired) electrons. The zero-order chi connectivity index (χ0) is 17.8. The van der Waals surface area contributed by atoms with Crippen LogP contribution in [0.1, 0.15) is 23.1 Å². The van der Waals surface area contributed by atoms with Crippen LogP contribution in [0.15, 0.2) is 53.3 Å². The molecule has 1 amide bonds. The average molecular weight is 338 g/mol. The predicted molar refractivity (Wildman–Crippen MR) is 95.9 cm³/mol. The number of hydrogen-bond donors (Lipinski definition) is 2. The molecule has 2 aromatic carbocycles. The molecule has 0 spiro atoms. The van der Waals surface area contributed by atoms with Crippen LogP contribution >= 0.6 is 0 Å². The normalized spacial score (nSPS) is 10.8. The smallest absolute Gasteiger partial charge is 0.253 e. The van der Waals surface area contributed by atoms with Gasteiger partial charge in [0.05, 0.1) is 0 Å². The Morgan fingerprint density at radius 3 is 2.80 bits per heavy atom. The first-order valence-corrected chi connectivity index (χ1v) is 8.15. The lowest BCUT2D eigenvalue weighted by molar-refractivity contribution is -0.121. The molecular weight excluding hydrogens is 319 g/mol. The highest BCUT2D eigenvalue weighted by molar-refractivity contribution is 5.80. The number of carbonyl (C=O) groups is 1. The Hall–Kier alpha value is -2.95. The van der Waals surface area contributed by atoms with Gasteiger partial charge >= 0.3 is 0 Å². The van der Waals surface area contributed by atoms with Crippen molar-refractivity contribution in [2.75, 3.05) is 0 Å². The lowest BCUT2D eigenvalue weighted by Crippen LogP contribution is -2.26. The van der Waals surface area contributed by atoms with Gasteiger partial charge in [0.15, 0.2) is 0 Å². The summed E-state index contributed by atoms with van der Waals surface area (Å²) in [5.41, 5.74) is 2.95. The second-order valence-corrected chi connectivity index (χ2v) is 6.12. The second-order valence-electron chi connectivity index (χ2n) is 6.12. The summed E-state index contributed by atoms with van der Waals surface area (Å²) in [7, 11) is 0. The van der Waals surface area contributed by atoms with Crippen molar-refractivity contribution in [2.24, 2.45) is 0 Å². The van der Waals surface area contributed by atoms with Gasteiger partial charge in [0.2, 0.25) is 5.91 Å². The number of aromatic amines is 1. The van der Waals surface area contributed by atoms with E-state index in [0.717, 1.165) is 22.0 Å². The summed E-state index contributed by atoms with van der Waals surface area (Å²) in [6.07, 6.45) is 0.699. The van der Waals surface area contributed by atoms with E-state index in [0.29, 0.717) is 12.0 Å². The fraction of sp³-hybridized carbons (Fsp3) is 0.200. The maximum absolute atomic E-state index is 13.1. The maximum Gasteiger partial charge on any atom is 0.253 e. The molecule has 0 unspecified atom stereocenters. The van der Waals surface area contributed by atoms with Gasteiger partial charge in [-0.25, -0.2) is 4.39 Å². The van der Waals surface area contributed by atoms with E-state index in [1.54, 1.807) is 18.2 Å². The molecule has 4 nitrogen and oxygen atoms in total. The van der Waals surface area contributed by atoms with E-state index in [-0.39, 0.29) is 30.2 Å². The summed E-state index contributed by atoms with van der Waals surface area (Å²) in [4.78, 5) is 26.9. The number of halogens is 1. The number of benzene rings is 2. The second kappa shape index (κ2) is 7.30. The monoisotopic (exact) mass is 338 g/mol. The highest BCUT2D eigenvalue weighted by Crippen LogP contribution is 2.13. The maximum atomic E-state index is 13.1. The van der Waals surface area contributed by atoms with E-state index in [1.807, 2.05) is 25.1 Å². The van der Waals surface area contributed by atoms with Crippen LogP contribution in [0.25, 0.3) is 10.9 Å². The van der Waals surface area contributed by atoms with Gasteiger partial charge in [0.25, 0.3) is 5.56 Å². The molecule has 0 saturated heterocycles. The van der Waals surface area contributed by atoms with E-state index in [1.165, 1.54) is 12.1 Å². The molecule has 5 heteroatoms. The molecule has 0 bridgehead atoms. The van der Waals surface area contributed by atoms with Gasteiger partial charge in [-0.05, 0) is 54.6 Å². The first-order chi connectivity index (χ1) is 12.0. The fourth-order valence-electron chi connectivity index (χ4n) is 2.74. The molecule has 0 saturated carbocycles. The van der Waals surface area contributed by atoms with Crippen molar-refractivity contribution in [1.29, 1.82) is 0 Å². The van der Waals surface area contributed by atoms with Gasteiger partial charge in [-0.15, -0.1) is 0 Å². The molecule has 25 heavy (non-hydrogen) atoms. The molecule has 3 rings (SSSR count). The highest BCUT2D eigenvalue weighted by Gasteiger charge is 2.07. The van der Waals surface area contributed by atoms with Crippen molar-refractivity contribution in [2.45, 2.75) is 26.3 Å². The molecule has 0 aliphatic carbocycles. The van der Waals surface area contributed by atoms with Crippen molar-refractivity contribution < 1.29 is 9.18 Å². The summed E-state index contributed by atoms with van der Waals surface area (Å²) < 4.78 is 13.1. The first kappa shape index (κ1) is 16.9. The summed E-state index contributed by atoms with van der Waals surface area (Å²) in [6, 6.07) is 13.8. The van der Waals surface area contributed by atoms with Crippen molar-refractivity contribution >= 4 is 16.8 Å². The zero-order valence-corrected chi connectivity index (χ0v) is 13.9. The summed E-state index contributed by atoms with van der Waals surface area (Å²) >= 11 is 0. The zero-order valence-electron chi connectivity index (χ0n) is 13.9. The highest BCUT2D eigenvalue weighted by atomic mass is 19.1. The van der Waals surface area contributed by atoms with E-state index in [2.05, 4.69) is 10.3 Å². The minimum Gasteiger partial charge on any atom is -0.352 e. The van der Waals surface area contributed by atoms with Crippen LogP contribution in [-0.4, -0.2) is 10.9 Å². The number of aromatic nitrogens is 1. The molecule has 0 atom stereocenters. The first-order valence-electron chi connectivity index (χ1n) is 8.15. The number of amides is 1. The topological polar surface area (TPSA) is 62.0 Å². The standard InChI is InChI=1S/C20H19FN2O2/c1-13-5-7-18-15(9-13)11-16(20(25)23-18)12-22-19(24)8-6-14-3-2-4-17(21)10-14/h2-5,7,9-11H,6,8,12H2,1H3,(H,22,24)(H,23,25). The average Bonchev–Trinajstić information content (AvgIpc) is 2.58. The number of aryl methyl sites for hydroxylation is 2. The van der Waals surface area contributed by atoms with Crippen molar-refractivity contribution in [3.63, 3.8) is 0 Å². The number of fused-ring (bicyclic) bond motifs is 1. The molecule has 1 aromatic heterocycles. The molecular formula is C20H19FN2O2. The third-order valence-corrected chi connectivity index (χ3v) is 4.08. The third kappa shape index (κ3) is 4.32. The molecule has 0 aliphatic heterocycles. The molecule has 3 aromatic rings. The minimum absolute atomic E-state index is 0.168. The van der Waals surface area contributed by atoms with E-state index in [9.17, 15) is 14.0 Å². The van der Waals surface area contributed by atoms with E-state index >= 15 is 0 Å². The van der Waals surface area contributed by atoms with Gasteiger partial charge in [-0.3, -0.25) is 9.59 Å². The van der Waals surface area contributed by atoms with Gasteiger partial charge in [0, 0.05) is 24.0 Å². The van der Waals surface area contributed by atoms with E-state index < -0.39 is 0 Å². The van der Waals surface area contributed by atoms with Crippen LogP contribution in [0.2, 0.25) is 0 Å². The number of rotatable bonds is 5. The van der Waals surface area contributed by atoms with Crippen LogP contribution in [0.4, 0.5) is 4.39 Å². The summed E-state index contributed by atoms with van der Waals surface area (Å²) in [5, 5.41) is 3.69. The lowest BCUT2D eigenvalue weighted by Gasteiger charge is -2.07. The molecule has 0 aliphatic rings. The number of nitrogens with one attached hydrogen (secondary N) is 2. The van der Waals surface area contributed by atoms with Crippen molar-refractivity contribution in [3.05, 3.63) is 81.4 Å². The molecule has 2 N–H and O–H groups in total. The van der Waals surface area contributed by atoms with Gasteiger partial charge < -0.3 is 10.3 Å². The van der Waals surface area contributed by atoms with Crippen molar-refractivity contribution in [3.8, 4) is 0 Å². The van der Waals surface area contributed by atoms with Gasteiger partial charge in [-0.1, -0.05) is 23.8 Å². The van der Waals surface area contributed by atoms with Crippen LogP contribution in [0, 0.1) is 12.7 Å². The number of H-pyrrole nitrogens is 1. The minimum atomic E-state index is -0.309. The molecule has 0 fully saturated rings.